The number of carbonyl (C=O) groups excluding carboxylic acids is 4. The summed E-state index contributed by atoms with van der Waals surface area (Å²) < 4.78 is 0. The van der Waals surface area contributed by atoms with Crippen LogP contribution in [-0.4, -0.2) is 68.8 Å². The predicted molar refractivity (Wildman–Crippen MR) is 103 cm³/mol. The van der Waals surface area contributed by atoms with Gasteiger partial charge in [-0.25, -0.2) is 4.98 Å². The van der Waals surface area contributed by atoms with Crippen LogP contribution in [0.3, 0.4) is 0 Å². The van der Waals surface area contributed by atoms with E-state index in [9.17, 15) is 24.0 Å². The summed E-state index contributed by atoms with van der Waals surface area (Å²) in [6.45, 7) is 2.62. The zero-order valence-electron chi connectivity index (χ0n) is 16.7. The van der Waals surface area contributed by atoms with Crippen LogP contribution in [0.4, 0.5) is 0 Å². The molecule has 0 spiro atoms. The number of aromatic amines is 1. The van der Waals surface area contributed by atoms with Gasteiger partial charge in [-0.1, -0.05) is 0 Å². The van der Waals surface area contributed by atoms with Gasteiger partial charge in [-0.05, 0) is 20.3 Å². The Labute approximate surface area is 172 Å². The molecular formula is C17H27N7O6. The SMILES string of the molecule is CC(NC(=O)C(C)NC(=O)C(CCC(N)=O)NC(=O)C(N)Cc1cnc[nH]1)C(=O)O. The number of carboxylic acid groups (broad SMARTS) is 1. The van der Waals surface area contributed by atoms with E-state index in [1.54, 1.807) is 0 Å². The molecule has 1 heterocycles. The van der Waals surface area contributed by atoms with E-state index in [0.717, 1.165) is 0 Å². The number of imidazole rings is 1. The molecule has 166 valence electrons. The zero-order valence-corrected chi connectivity index (χ0v) is 16.7. The number of amides is 4. The summed E-state index contributed by atoms with van der Waals surface area (Å²) in [7, 11) is 0. The van der Waals surface area contributed by atoms with Crippen molar-refractivity contribution in [3.05, 3.63) is 18.2 Å². The van der Waals surface area contributed by atoms with Gasteiger partial charge in [0.15, 0.2) is 0 Å². The number of aromatic nitrogens is 2. The summed E-state index contributed by atoms with van der Waals surface area (Å²) in [5.41, 5.74) is 11.6. The van der Waals surface area contributed by atoms with Crippen molar-refractivity contribution in [2.24, 2.45) is 11.5 Å². The number of rotatable bonds is 12. The Hall–Kier alpha value is -3.48. The summed E-state index contributed by atoms with van der Waals surface area (Å²) in [6, 6.07) is -4.41. The van der Waals surface area contributed by atoms with Crippen LogP contribution in [0.1, 0.15) is 32.4 Å². The van der Waals surface area contributed by atoms with Gasteiger partial charge in [-0.2, -0.15) is 0 Å². The molecule has 1 rings (SSSR count). The highest BCUT2D eigenvalue weighted by Crippen LogP contribution is 2.02. The fraction of sp³-hybridized carbons (Fsp3) is 0.529. The molecule has 0 fully saturated rings. The Morgan fingerprint density at radius 1 is 1.07 bits per heavy atom. The number of primary amides is 1. The minimum atomic E-state index is -1.24. The lowest BCUT2D eigenvalue weighted by atomic mass is 10.1. The van der Waals surface area contributed by atoms with E-state index >= 15 is 0 Å². The Morgan fingerprint density at radius 2 is 1.70 bits per heavy atom. The van der Waals surface area contributed by atoms with Gasteiger partial charge < -0.3 is 37.5 Å². The number of carboxylic acids is 1. The lowest BCUT2D eigenvalue weighted by Crippen LogP contribution is -2.56. The maximum Gasteiger partial charge on any atom is 0.325 e. The van der Waals surface area contributed by atoms with Crippen LogP contribution >= 0.6 is 0 Å². The Kier molecular flexibility index (Phi) is 9.42. The molecule has 4 unspecified atom stereocenters. The number of nitrogens with zero attached hydrogens (tertiary/aromatic N) is 1. The Balaban J connectivity index is 2.73. The number of H-pyrrole nitrogens is 1. The fourth-order valence-corrected chi connectivity index (χ4v) is 2.34. The van der Waals surface area contributed by atoms with Crippen molar-refractivity contribution in [3.63, 3.8) is 0 Å². The molecule has 13 heteroatoms. The average Bonchev–Trinajstić information content (AvgIpc) is 3.17. The number of hydrogen-bond donors (Lipinski definition) is 7. The van der Waals surface area contributed by atoms with Gasteiger partial charge in [0.1, 0.15) is 18.1 Å². The van der Waals surface area contributed by atoms with E-state index in [-0.39, 0.29) is 19.3 Å². The third kappa shape index (κ3) is 8.26. The van der Waals surface area contributed by atoms with Crippen molar-refractivity contribution in [2.45, 2.75) is 57.3 Å². The van der Waals surface area contributed by atoms with Gasteiger partial charge in [0.25, 0.3) is 0 Å². The smallest absolute Gasteiger partial charge is 0.325 e. The van der Waals surface area contributed by atoms with Crippen molar-refractivity contribution in [3.8, 4) is 0 Å². The van der Waals surface area contributed by atoms with Gasteiger partial charge in [0.05, 0.1) is 12.4 Å². The third-order valence-corrected chi connectivity index (χ3v) is 4.13. The van der Waals surface area contributed by atoms with Crippen LogP contribution in [0, 0.1) is 0 Å². The zero-order chi connectivity index (χ0) is 22.8. The van der Waals surface area contributed by atoms with Gasteiger partial charge in [0.2, 0.25) is 23.6 Å². The van der Waals surface area contributed by atoms with Crippen molar-refractivity contribution < 1.29 is 29.1 Å². The number of carbonyl (C=O) groups is 5. The predicted octanol–water partition coefficient (Wildman–Crippen LogP) is -2.88. The molecule has 0 aromatic carbocycles. The first kappa shape index (κ1) is 24.6. The van der Waals surface area contributed by atoms with Gasteiger partial charge in [-0.3, -0.25) is 24.0 Å². The summed E-state index contributed by atoms with van der Waals surface area (Å²) in [4.78, 5) is 65.4. The van der Waals surface area contributed by atoms with Crippen LogP contribution in [0.2, 0.25) is 0 Å². The normalized spacial score (nSPS) is 14.6. The highest BCUT2D eigenvalue weighted by Gasteiger charge is 2.27. The molecule has 0 saturated carbocycles. The molecule has 0 aliphatic rings. The van der Waals surface area contributed by atoms with E-state index in [1.807, 2.05) is 0 Å². The molecule has 0 bridgehead atoms. The molecule has 9 N–H and O–H groups in total. The molecule has 0 saturated heterocycles. The minimum Gasteiger partial charge on any atom is -0.480 e. The van der Waals surface area contributed by atoms with E-state index in [2.05, 4.69) is 25.9 Å². The highest BCUT2D eigenvalue weighted by atomic mass is 16.4. The Bertz CT molecular complexity index is 767. The topological polar surface area (TPSA) is 222 Å². The molecule has 0 radical (unpaired) electrons. The minimum absolute atomic E-state index is 0.108. The number of nitrogens with two attached hydrogens (primary N) is 2. The van der Waals surface area contributed by atoms with Crippen LogP contribution < -0.4 is 27.4 Å². The van der Waals surface area contributed by atoms with Crippen molar-refractivity contribution in [1.82, 2.24) is 25.9 Å². The van der Waals surface area contributed by atoms with Gasteiger partial charge >= 0.3 is 5.97 Å². The first-order chi connectivity index (χ1) is 14.0. The Morgan fingerprint density at radius 3 is 2.23 bits per heavy atom. The number of hydrogen-bond acceptors (Lipinski definition) is 7. The second kappa shape index (κ2) is 11.5. The standard InChI is InChI=1S/C17H27N7O6/c1-8(14(26)23-9(2)17(29)30)22-16(28)12(3-4-13(19)25)24-15(27)11(18)5-10-6-20-7-21-10/h6-9,11-12H,3-5,18H2,1-2H3,(H2,19,25)(H,20,21)(H,22,28)(H,23,26)(H,24,27)(H,29,30). The van der Waals surface area contributed by atoms with E-state index in [0.29, 0.717) is 5.69 Å². The lowest BCUT2D eigenvalue weighted by molar-refractivity contribution is -0.141. The van der Waals surface area contributed by atoms with Crippen LogP contribution in [0.15, 0.2) is 12.5 Å². The third-order valence-electron chi connectivity index (χ3n) is 4.13. The van der Waals surface area contributed by atoms with E-state index in [1.165, 1.54) is 26.4 Å². The van der Waals surface area contributed by atoms with E-state index < -0.39 is 53.8 Å². The fourth-order valence-electron chi connectivity index (χ4n) is 2.34. The second-order valence-electron chi connectivity index (χ2n) is 6.75. The molecule has 0 aliphatic carbocycles. The summed E-state index contributed by atoms with van der Waals surface area (Å²) in [6.07, 6.45) is 2.78. The maximum absolute atomic E-state index is 12.5. The van der Waals surface area contributed by atoms with Crippen molar-refractivity contribution in [1.29, 1.82) is 0 Å². The largest absolute Gasteiger partial charge is 0.480 e. The second-order valence-corrected chi connectivity index (χ2v) is 6.75. The first-order valence-corrected chi connectivity index (χ1v) is 9.16. The summed E-state index contributed by atoms with van der Waals surface area (Å²) in [5.74, 6) is -4.03. The molecule has 0 aliphatic heterocycles. The molecule has 30 heavy (non-hydrogen) atoms. The quantitative estimate of drug-likeness (QED) is 0.184. The number of nitrogens with one attached hydrogen (secondary N) is 4. The molecule has 4 atom stereocenters. The van der Waals surface area contributed by atoms with Gasteiger partial charge in [-0.15, -0.1) is 0 Å². The maximum atomic E-state index is 12.5. The monoisotopic (exact) mass is 425 g/mol. The van der Waals surface area contributed by atoms with Crippen LogP contribution in [0.5, 0.6) is 0 Å². The van der Waals surface area contributed by atoms with Crippen molar-refractivity contribution >= 4 is 29.6 Å². The lowest BCUT2D eigenvalue weighted by Gasteiger charge is -2.22. The molecule has 13 nitrogen and oxygen atoms in total. The van der Waals surface area contributed by atoms with Crippen LogP contribution in [0.25, 0.3) is 0 Å². The summed E-state index contributed by atoms with van der Waals surface area (Å²) >= 11 is 0. The summed E-state index contributed by atoms with van der Waals surface area (Å²) in [5, 5.41) is 15.9. The van der Waals surface area contributed by atoms with Crippen molar-refractivity contribution in [2.75, 3.05) is 0 Å². The molecule has 4 amide bonds. The molecular weight excluding hydrogens is 398 g/mol. The highest BCUT2D eigenvalue weighted by molar-refractivity contribution is 5.94. The first-order valence-electron chi connectivity index (χ1n) is 9.16. The average molecular weight is 425 g/mol. The van der Waals surface area contributed by atoms with Gasteiger partial charge in [0, 0.05) is 24.7 Å². The number of aliphatic carboxylic acids is 1. The van der Waals surface area contributed by atoms with E-state index in [4.69, 9.17) is 16.6 Å². The molecule has 1 aromatic heterocycles. The van der Waals surface area contributed by atoms with Crippen LogP contribution in [-0.2, 0) is 30.4 Å². The molecule has 1 aromatic rings.